The Hall–Kier alpha value is -4.17. The maximum absolute atomic E-state index is 6.53. The summed E-state index contributed by atoms with van der Waals surface area (Å²) in [6, 6.07) is 34.6. The van der Waals surface area contributed by atoms with Crippen LogP contribution in [0.4, 0.5) is 0 Å². The summed E-state index contributed by atoms with van der Waals surface area (Å²) in [6.07, 6.45) is 2.08. The van der Waals surface area contributed by atoms with Crippen molar-refractivity contribution in [1.82, 2.24) is 0 Å². The summed E-state index contributed by atoms with van der Waals surface area (Å²) in [4.78, 5) is 0. The molecule has 0 unspecified atom stereocenters. The van der Waals surface area contributed by atoms with Crippen molar-refractivity contribution >= 4 is 21.9 Å². The van der Waals surface area contributed by atoms with Crippen LogP contribution < -0.4 is 4.57 Å². The highest BCUT2D eigenvalue weighted by Gasteiger charge is 2.20. The molecule has 0 fully saturated rings. The van der Waals surface area contributed by atoms with Gasteiger partial charge in [-0.3, -0.25) is 0 Å². The zero-order valence-electron chi connectivity index (χ0n) is 19.7. The minimum Gasteiger partial charge on any atom is -0.455 e. The molecule has 0 amide bonds. The maximum atomic E-state index is 6.53. The van der Waals surface area contributed by atoms with Crippen molar-refractivity contribution in [1.29, 1.82) is 0 Å². The summed E-state index contributed by atoms with van der Waals surface area (Å²) < 4.78 is 8.68. The maximum Gasteiger partial charge on any atom is 0.216 e. The number of pyridine rings is 1. The fourth-order valence-corrected chi connectivity index (χ4v) is 4.82. The van der Waals surface area contributed by atoms with Crippen LogP contribution in [0.1, 0.15) is 11.1 Å². The lowest BCUT2D eigenvalue weighted by Gasteiger charge is -2.06. The molecule has 2 aromatic heterocycles. The van der Waals surface area contributed by atoms with E-state index in [0.29, 0.717) is 0 Å². The van der Waals surface area contributed by atoms with Crippen LogP contribution in [-0.4, -0.2) is 0 Å². The van der Waals surface area contributed by atoms with E-state index in [1.165, 1.54) is 27.8 Å². The molecule has 164 valence electrons. The van der Waals surface area contributed by atoms with Crippen molar-refractivity contribution in [3.63, 3.8) is 0 Å². The van der Waals surface area contributed by atoms with Crippen LogP contribution >= 0.6 is 0 Å². The van der Waals surface area contributed by atoms with Gasteiger partial charge < -0.3 is 4.42 Å². The third kappa shape index (κ3) is 3.39. The van der Waals surface area contributed by atoms with Crippen LogP contribution in [0.15, 0.2) is 108 Å². The summed E-state index contributed by atoms with van der Waals surface area (Å²) in [5.74, 6) is 0. The third-order valence-electron chi connectivity index (χ3n) is 6.76. The van der Waals surface area contributed by atoms with E-state index in [1.54, 1.807) is 0 Å². The number of benzene rings is 4. The molecule has 2 heteroatoms. The van der Waals surface area contributed by atoms with Crippen LogP contribution in [-0.2, 0) is 7.05 Å². The number of aryl methyl sites for hydroxylation is 3. The van der Waals surface area contributed by atoms with Gasteiger partial charge in [0.2, 0.25) is 5.69 Å². The second-order valence-corrected chi connectivity index (χ2v) is 9.09. The first-order valence-corrected chi connectivity index (χ1v) is 11.7. The highest BCUT2D eigenvalue weighted by molar-refractivity contribution is 6.10. The quantitative estimate of drug-likeness (QED) is 0.255. The Morgan fingerprint density at radius 1 is 0.618 bits per heavy atom. The van der Waals surface area contributed by atoms with Crippen LogP contribution in [0.25, 0.3) is 55.4 Å². The van der Waals surface area contributed by atoms with Crippen molar-refractivity contribution in [2.75, 3.05) is 0 Å². The summed E-state index contributed by atoms with van der Waals surface area (Å²) in [5, 5.41) is 2.30. The molecular formula is C32H26NO+. The van der Waals surface area contributed by atoms with E-state index in [2.05, 4.69) is 123 Å². The summed E-state index contributed by atoms with van der Waals surface area (Å²) in [5.41, 5.74) is 11.5. The minimum atomic E-state index is 0.917. The Kier molecular flexibility index (Phi) is 4.81. The number of rotatable bonds is 3. The molecule has 0 spiro atoms. The lowest BCUT2D eigenvalue weighted by molar-refractivity contribution is -0.660. The standard InChI is InChI=1S/C32H26NO/c1-21-7-10-23(11-8-21)24-12-14-25(15-13-24)26-16-18-27-28-17-9-22(2)31(32(28)34-30(27)20-26)29-6-4-5-19-33(29)3/h4-20H,1-3H3/q+1. The Morgan fingerprint density at radius 3 is 1.94 bits per heavy atom. The zero-order valence-corrected chi connectivity index (χ0v) is 19.7. The van der Waals surface area contributed by atoms with Gasteiger partial charge >= 0.3 is 0 Å². The highest BCUT2D eigenvalue weighted by Crippen LogP contribution is 2.38. The van der Waals surface area contributed by atoms with Gasteiger partial charge in [-0.25, -0.2) is 4.57 Å². The molecule has 4 aromatic carbocycles. The van der Waals surface area contributed by atoms with Gasteiger partial charge in [-0.1, -0.05) is 72.3 Å². The molecule has 0 saturated heterocycles. The average Bonchev–Trinajstić information content (AvgIpc) is 3.23. The third-order valence-corrected chi connectivity index (χ3v) is 6.76. The van der Waals surface area contributed by atoms with Crippen molar-refractivity contribution < 1.29 is 8.98 Å². The van der Waals surface area contributed by atoms with Crippen LogP contribution in [0.3, 0.4) is 0 Å². The summed E-state index contributed by atoms with van der Waals surface area (Å²) in [7, 11) is 2.08. The van der Waals surface area contributed by atoms with Gasteiger partial charge in [0.1, 0.15) is 18.2 Å². The molecule has 0 aliphatic carbocycles. The molecule has 0 aliphatic heterocycles. The average molecular weight is 441 g/mol. The molecular weight excluding hydrogens is 414 g/mol. The van der Waals surface area contributed by atoms with Gasteiger partial charge in [0.25, 0.3) is 0 Å². The first kappa shape index (κ1) is 20.4. The molecule has 0 N–H and O–H groups in total. The molecule has 34 heavy (non-hydrogen) atoms. The summed E-state index contributed by atoms with van der Waals surface area (Å²) >= 11 is 0. The second-order valence-electron chi connectivity index (χ2n) is 9.09. The Labute approximate surface area is 199 Å². The number of furan rings is 1. The monoisotopic (exact) mass is 440 g/mol. The first-order valence-electron chi connectivity index (χ1n) is 11.7. The molecule has 2 heterocycles. The number of hydrogen-bond donors (Lipinski definition) is 0. The number of fused-ring (bicyclic) bond motifs is 3. The molecule has 0 bridgehead atoms. The molecule has 0 radical (unpaired) electrons. The normalized spacial score (nSPS) is 11.4. The lowest BCUT2D eigenvalue weighted by atomic mass is 9.98. The molecule has 2 nitrogen and oxygen atoms in total. The number of nitrogens with zero attached hydrogens (tertiary/aromatic N) is 1. The largest absolute Gasteiger partial charge is 0.455 e. The van der Waals surface area contributed by atoms with Crippen molar-refractivity contribution in [3.05, 3.63) is 114 Å². The van der Waals surface area contributed by atoms with E-state index in [0.717, 1.165) is 38.8 Å². The van der Waals surface area contributed by atoms with Crippen molar-refractivity contribution in [3.8, 4) is 33.5 Å². The SMILES string of the molecule is Cc1ccc(-c2ccc(-c3ccc4c(c3)oc3c(-c5cccc[n+]5C)c(C)ccc34)cc2)cc1. The van der Waals surface area contributed by atoms with Crippen LogP contribution in [0, 0.1) is 13.8 Å². The topological polar surface area (TPSA) is 17.0 Å². The Balaban J connectivity index is 1.45. The van der Waals surface area contributed by atoms with Crippen molar-refractivity contribution in [2.45, 2.75) is 13.8 Å². The number of hydrogen-bond acceptors (Lipinski definition) is 1. The number of aromatic nitrogens is 1. The highest BCUT2D eigenvalue weighted by atomic mass is 16.3. The van der Waals surface area contributed by atoms with E-state index in [-0.39, 0.29) is 0 Å². The first-order chi connectivity index (χ1) is 16.6. The van der Waals surface area contributed by atoms with E-state index in [4.69, 9.17) is 4.42 Å². The fraction of sp³-hybridized carbons (Fsp3) is 0.0938. The molecule has 0 aliphatic rings. The second kappa shape index (κ2) is 8.00. The van der Waals surface area contributed by atoms with Crippen LogP contribution in [0.5, 0.6) is 0 Å². The van der Waals surface area contributed by atoms with E-state index in [9.17, 15) is 0 Å². The van der Waals surface area contributed by atoms with Gasteiger partial charge in [-0.05, 0) is 59.9 Å². The predicted molar refractivity (Wildman–Crippen MR) is 141 cm³/mol. The smallest absolute Gasteiger partial charge is 0.216 e. The molecule has 0 saturated carbocycles. The molecule has 0 atom stereocenters. The van der Waals surface area contributed by atoms with E-state index < -0.39 is 0 Å². The predicted octanol–water partition coefficient (Wildman–Crippen LogP) is 8.03. The van der Waals surface area contributed by atoms with Gasteiger partial charge in [-0.15, -0.1) is 0 Å². The van der Waals surface area contributed by atoms with Gasteiger partial charge in [0.05, 0.1) is 5.56 Å². The molecule has 6 rings (SSSR count). The van der Waals surface area contributed by atoms with Gasteiger partial charge in [0, 0.05) is 22.9 Å². The summed E-state index contributed by atoms with van der Waals surface area (Å²) in [6.45, 7) is 4.27. The minimum absolute atomic E-state index is 0.917. The fourth-order valence-electron chi connectivity index (χ4n) is 4.82. The van der Waals surface area contributed by atoms with Crippen molar-refractivity contribution in [2.24, 2.45) is 7.05 Å². The molecule has 6 aromatic rings. The lowest BCUT2D eigenvalue weighted by Crippen LogP contribution is -2.30. The van der Waals surface area contributed by atoms with E-state index >= 15 is 0 Å². The van der Waals surface area contributed by atoms with Gasteiger partial charge in [-0.2, -0.15) is 0 Å². The Morgan fingerprint density at radius 2 is 1.24 bits per heavy atom. The van der Waals surface area contributed by atoms with E-state index in [1.807, 2.05) is 6.07 Å². The zero-order chi connectivity index (χ0) is 23.2. The van der Waals surface area contributed by atoms with Gasteiger partial charge in [0.15, 0.2) is 6.20 Å². The Bertz CT molecular complexity index is 1650. The van der Waals surface area contributed by atoms with Crippen LogP contribution in [0.2, 0.25) is 0 Å².